The monoisotopic (exact) mass is 271 g/mol. The maximum Gasteiger partial charge on any atom is 0.416 e. The van der Waals surface area contributed by atoms with Crippen LogP contribution in [0.3, 0.4) is 0 Å². The van der Waals surface area contributed by atoms with Gasteiger partial charge in [0, 0.05) is 12.8 Å². The predicted octanol–water partition coefficient (Wildman–Crippen LogP) is 2.82. The fraction of sp³-hybridized carbons (Fsp3) is 0.308. The van der Waals surface area contributed by atoms with Crippen molar-refractivity contribution in [2.24, 2.45) is 0 Å². The summed E-state index contributed by atoms with van der Waals surface area (Å²) in [7, 11) is 0. The molecular weight excluding hydrogens is 259 g/mol. The van der Waals surface area contributed by atoms with Crippen molar-refractivity contribution in [3.8, 4) is 0 Å². The van der Waals surface area contributed by atoms with Gasteiger partial charge in [-0.15, -0.1) is 0 Å². The molecule has 0 atom stereocenters. The Kier molecular flexibility index (Phi) is 3.90. The molecule has 1 aromatic carbocycles. The second kappa shape index (κ2) is 5.44. The number of benzene rings is 1. The molecule has 0 bridgehead atoms. The van der Waals surface area contributed by atoms with Gasteiger partial charge in [-0.25, -0.2) is 4.98 Å². The lowest BCUT2D eigenvalue weighted by Crippen LogP contribution is -2.04. The van der Waals surface area contributed by atoms with E-state index in [0.717, 1.165) is 12.1 Å². The summed E-state index contributed by atoms with van der Waals surface area (Å²) >= 11 is 0. The molecule has 19 heavy (non-hydrogen) atoms. The number of nitrogens with zero attached hydrogens (tertiary/aromatic N) is 1. The van der Waals surface area contributed by atoms with E-state index in [-0.39, 0.29) is 6.61 Å². The molecule has 0 aliphatic heterocycles. The van der Waals surface area contributed by atoms with Gasteiger partial charge in [0.15, 0.2) is 5.89 Å². The summed E-state index contributed by atoms with van der Waals surface area (Å²) in [6.45, 7) is -0.0328. The molecule has 1 heterocycles. The Labute approximate surface area is 107 Å². The van der Waals surface area contributed by atoms with Crippen molar-refractivity contribution in [1.82, 2.24) is 4.98 Å². The molecule has 0 saturated carbocycles. The average Bonchev–Trinajstić information content (AvgIpc) is 2.77. The van der Waals surface area contributed by atoms with Crippen LogP contribution >= 0.6 is 0 Å². The summed E-state index contributed by atoms with van der Waals surface area (Å²) in [5.41, 5.74) is 0.00928. The number of aliphatic hydroxyl groups is 1. The van der Waals surface area contributed by atoms with Gasteiger partial charge in [-0.05, 0) is 17.7 Å². The molecule has 0 unspecified atom stereocenters. The molecule has 0 aliphatic rings. The Bertz CT molecular complexity index is 532. The van der Waals surface area contributed by atoms with E-state index in [0.29, 0.717) is 30.1 Å². The van der Waals surface area contributed by atoms with Crippen LogP contribution in [0.4, 0.5) is 13.2 Å². The molecule has 2 rings (SSSR count). The fourth-order valence-corrected chi connectivity index (χ4v) is 1.64. The van der Waals surface area contributed by atoms with E-state index in [4.69, 9.17) is 9.52 Å². The van der Waals surface area contributed by atoms with E-state index in [1.165, 1.54) is 18.3 Å². The minimum absolute atomic E-state index is 0.0328. The van der Waals surface area contributed by atoms with Crippen LogP contribution < -0.4 is 0 Å². The maximum atomic E-state index is 12.4. The summed E-state index contributed by atoms with van der Waals surface area (Å²) in [5.74, 6) is 0.979. The van der Waals surface area contributed by atoms with Crippen molar-refractivity contribution in [3.05, 3.63) is 53.2 Å². The zero-order chi connectivity index (χ0) is 13.9. The van der Waals surface area contributed by atoms with Gasteiger partial charge in [-0.2, -0.15) is 13.2 Å². The summed E-state index contributed by atoms with van der Waals surface area (Å²) in [6.07, 6.45) is -2.12. The summed E-state index contributed by atoms with van der Waals surface area (Å²) < 4.78 is 42.5. The van der Waals surface area contributed by atoms with Crippen molar-refractivity contribution in [2.45, 2.75) is 19.0 Å². The van der Waals surface area contributed by atoms with Crippen LogP contribution in [0.25, 0.3) is 0 Å². The SMILES string of the molecule is OCCc1cnc(Cc2ccc(C(F)(F)F)cc2)o1. The number of aliphatic hydroxyl groups excluding tert-OH is 1. The number of oxazole rings is 1. The molecule has 6 heteroatoms. The largest absolute Gasteiger partial charge is 0.445 e. The molecule has 0 saturated heterocycles. The van der Waals surface area contributed by atoms with E-state index in [1.807, 2.05) is 0 Å². The van der Waals surface area contributed by atoms with Crippen LogP contribution in [0.5, 0.6) is 0 Å². The van der Waals surface area contributed by atoms with Crippen molar-refractivity contribution in [3.63, 3.8) is 0 Å². The quantitative estimate of drug-likeness (QED) is 0.930. The van der Waals surface area contributed by atoms with Crippen LogP contribution in [0.15, 0.2) is 34.9 Å². The first-order valence-electron chi connectivity index (χ1n) is 5.69. The Balaban J connectivity index is 2.06. The van der Waals surface area contributed by atoms with E-state index < -0.39 is 11.7 Å². The van der Waals surface area contributed by atoms with Gasteiger partial charge in [0.1, 0.15) is 5.76 Å². The van der Waals surface area contributed by atoms with Gasteiger partial charge >= 0.3 is 6.18 Å². The van der Waals surface area contributed by atoms with Crippen LogP contribution in [0, 0.1) is 0 Å². The van der Waals surface area contributed by atoms with Gasteiger partial charge in [0.25, 0.3) is 0 Å². The zero-order valence-electron chi connectivity index (χ0n) is 9.94. The lowest BCUT2D eigenvalue weighted by molar-refractivity contribution is -0.137. The Morgan fingerprint density at radius 2 is 1.84 bits per heavy atom. The van der Waals surface area contributed by atoms with Crippen LogP contribution in [-0.4, -0.2) is 16.7 Å². The summed E-state index contributed by atoms with van der Waals surface area (Å²) in [4.78, 5) is 4.00. The first kappa shape index (κ1) is 13.6. The maximum absolute atomic E-state index is 12.4. The lowest BCUT2D eigenvalue weighted by atomic mass is 10.1. The second-order valence-electron chi connectivity index (χ2n) is 4.07. The van der Waals surface area contributed by atoms with Crippen LogP contribution in [0.2, 0.25) is 0 Å². The molecule has 2 aromatic rings. The summed E-state index contributed by atoms with van der Waals surface area (Å²) in [5, 5.41) is 8.73. The Hall–Kier alpha value is -1.82. The minimum atomic E-state index is -4.32. The first-order chi connectivity index (χ1) is 8.99. The highest BCUT2D eigenvalue weighted by Gasteiger charge is 2.29. The molecule has 1 aromatic heterocycles. The topological polar surface area (TPSA) is 46.3 Å². The van der Waals surface area contributed by atoms with Crippen molar-refractivity contribution < 1.29 is 22.7 Å². The average molecular weight is 271 g/mol. The van der Waals surface area contributed by atoms with E-state index >= 15 is 0 Å². The molecule has 102 valence electrons. The third kappa shape index (κ3) is 3.57. The third-order valence-electron chi connectivity index (χ3n) is 2.60. The van der Waals surface area contributed by atoms with Crippen molar-refractivity contribution in [1.29, 1.82) is 0 Å². The number of alkyl halides is 3. The summed E-state index contributed by atoms with van der Waals surface area (Å²) in [6, 6.07) is 4.87. The zero-order valence-corrected chi connectivity index (χ0v) is 9.94. The van der Waals surface area contributed by atoms with E-state index in [1.54, 1.807) is 0 Å². The molecule has 3 nitrogen and oxygen atoms in total. The normalized spacial score (nSPS) is 11.8. The molecule has 0 radical (unpaired) electrons. The number of rotatable bonds is 4. The highest BCUT2D eigenvalue weighted by atomic mass is 19.4. The lowest BCUT2D eigenvalue weighted by Gasteiger charge is -2.06. The second-order valence-corrected chi connectivity index (χ2v) is 4.07. The first-order valence-corrected chi connectivity index (χ1v) is 5.69. The van der Waals surface area contributed by atoms with Crippen molar-refractivity contribution in [2.75, 3.05) is 6.61 Å². The number of aromatic nitrogens is 1. The highest BCUT2D eigenvalue weighted by molar-refractivity contribution is 5.26. The highest BCUT2D eigenvalue weighted by Crippen LogP contribution is 2.29. The Morgan fingerprint density at radius 1 is 1.16 bits per heavy atom. The standard InChI is InChI=1S/C13H12F3NO2/c14-13(15,16)10-3-1-9(2-4-10)7-12-17-8-11(19-12)5-6-18/h1-4,8,18H,5-7H2. The minimum Gasteiger partial charge on any atom is -0.445 e. The fourth-order valence-electron chi connectivity index (χ4n) is 1.64. The third-order valence-corrected chi connectivity index (χ3v) is 2.60. The number of hydrogen-bond acceptors (Lipinski definition) is 3. The Morgan fingerprint density at radius 3 is 2.42 bits per heavy atom. The van der Waals surface area contributed by atoms with Crippen molar-refractivity contribution >= 4 is 0 Å². The number of halogens is 3. The molecule has 0 spiro atoms. The molecule has 0 aliphatic carbocycles. The molecular formula is C13H12F3NO2. The van der Waals surface area contributed by atoms with Crippen LogP contribution in [-0.2, 0) is 19.0 Å². The molecule has 0 fully saturated rings. The smallest absolute Gasteiger partial charge is 0.416 e. The van der Waals surface area contributed by atoms with E-state index in [9.17, 15) is 13.2 Å². The van der Waals surface area contributed by atoms with Gasteiger partial charge in [0.05, 0.1) is 18.4 Å². The van der Waals surface area contributed by atoms with Gasteiger partial charge in [-0.1, -0.05) is 12.1 Å². The molecule has 0 amide bonds. The predicted molar refractivity (Wildman–Crippen MR) is 61.5 cm³/mol. The van der Waals surface area contributed by atoms with Gasteiger partial charge in [0.2, 0.25) is 0 Å². The molecule has 1 N–H and O–H groups in total. The van der Waals surface area contributed by atoms with Gasteiger partial charge < -0.3 is 9.52 Å². The van der Waals surface area contributed by atoms with Crippen LogP contribution in [0.1, 0.15) is 22.8 Å². The van der Waals surface area contributed by atoms with E-state index in [2.05, 4.69) is 4.98 Å². The number of hydrogen-bond donors (Lipinski definition) is 1. The van der Waals surface area contributed by atoms with Gasteiger partial charge in [-0.3, -0.25) is 0 Å².